The van der Waals surface area contributed by atoms with Gasteiger partial charge in [0.05, 0.1) is 12.6 Å². The summed E-state index contributed by atoms with van der Waals surface area (Å²) in [4.78, 5) is 16.0. The second-order valence-corrected chi connectivity index (χ2v) is 5.34. The Labute approximate surface area is 131 Å². The van der Waals surface area contributed by atoms with Gasteiger partial charge in [-0.05, 0) is 49.6 Å². The van der Waals surface area contributed by atoms with Gasteiger partial charge in [-0.15, -0.1) is 0 Å². The Balaban J connectivity index is 1.68. The van der Waals surface area contributed by atoms with Crippen LogP contribution < -0.4 is 10.1 Å². The lowest BCUT2D eigenvalue weighted by Gasteiger charge is -2.14. The number of nitrogens with one attached hydrogen (secondary N) is 1. The number of amides is 1. The Morgan fingerprint density at radius 2 is 2.18 bits per heavy atom. The van der Waals surface area contributed by atoms with Gasteiger partial charge < -0.3 is 10.1 Å². The molecule has 0 radical (unpaired) electrons. The molecule has 4 nitrogen and oxygen atoms in total. The Hall–Kier alpha value is -2.36. The molecule has 1 unspecified atom stereocenters. The molecule has 0 aliphatic carbocycles. The molecule has 0 aliphatic rings. The minimum absolute atomic E-state index is 0.0288. The first kappa shape index (κ1) is 16.0. The van der Waals surface area contributed by atoms with Crippen molar-refractivity contribution in [2.45, 2.75) is 32.7 Å². The number of benzene rings is 1. The van der Waals surface area contributed by atoms with E-state index in [1.54, 1.807) is 12.4 Å². The molecule has 116 valence electrons. The fourth-order valence-corrected chi connectivity index (χ4v) is 2.16. The zero-order valence-electron chi connectivity index (χ0n) is 13.1. The van der Waals surface area contributed by atoms with Crippen molar-refractivity contribution in [2.75, 3.05) is 6.61 Å². The van der Waals surface area contributed by atoms with Gasteiger partial charge in [-0.25, -0.2) is 0 Å². The predicted molar refractivity (Wildman–Crippen MR) is 86.7 cm³/mol. The summed E-state index contributed by atoms with van der Waals surface area (Å²) in [6.07, 6.45) is 4.64. The molecular weight excluding hydrogens is 276 g/mol. The highest BCUT2D eigenvalue weighted by Gasteiger charge is 2.09. The molecule has 0 spiro atoms. The Morgan fingerprint density at radius 1 is 1.32 bits per heavy atom. The Morgan fingerprint density at radius 3 is 2.91 bits per heavy atom. The number of carbonyl (C=O) groups is 1. The second-order valence-electron chi connectivity index (χ2n) is 5.34. The van der Waals surface area contributed by atoms with Crippen LogP contribution in [-0.2, 0) is 4.79 Å². The maximum Gasteiger partial charge on any atom is 0.220 e. The van der Waals surface area contributed by atoms with E-state index < -0.39 is 0 Å². The molecule has 0 bridgehead atoms. The number of rotatable bonds is 7. The fraction of sp³-hybridized carbons (Fsp3) is 0.333. The minimum Gasteiger partial charge on any atom is -0.494 e. The number of aromatic nitrogens is 1. The zero-order chi connectivity index (χ0) is 15.8. The van der Waals surface area contributed by atoms with Gasteiger partial charge in [-0.2, -0.15) is 0 Å². The maximum absolute atomic E-state index is 11.9. The van der Waals surface area contributed by atoms with Crippen LogP contribution in [0.1, 0.15) is 36.9 Å². The van der Waals surface area contributed by atoms with E-state index >= 15 is 0 Å². The van der Waals surface area contributed by atoms with Gasteiger partial charge in [-0.1, -0.05) is 18.2 Å². The SMILES string of the molecule is Cc1cccc(OCCCC(=O)NC(C)c2cccnc2)c1. The van der Waals surface area contributed by atoms with E-state index in [0.29, 0.717) is 19.4 Å². The first-order valence-corrected chi connectivity index (χ1v) is 7.54. The number of hydrogen-bond acceptors (Lipinski definition) is 3. The van der Waals surface area contributed by atoms with E-state index in [2.05, 4.69) is 10.3 Å². The van der Waals surface area contributed by atoms with Crippen molar-refractivity contribution < 1.29 is 9.53 Å². The highest BCUT2D eigenvalue weighted by atomic mass is 16.5. The molecule has 0 aliphatic heterocycles. The fourth-order valence-electron chi connectivity index (χ4n) is 2.16. The van der Waals surface area contributed by atoms with Crippen LogP contribution in [-0.4, -0.2) is 17.5 Å². The van der Waals surface area contributed by atoms with Crippen molar-refractivity contribution in [1.82, 2.24) is 10.3 Å². The van der Waals surface area contributed by atoms with Crippen molar-refractivity contribution in [1.29, 1.82) is 0 Å². The lowest BCUT2D eigenvalue weighted by atomic mass is 10.1. The average molecular weight is 298 g/mol. The van der Waals surface area contributed by atoms with Gasteiger partial charge in [0.15, 0.2) is 0 Å². The number of carbonyl (C=O) groups excluding carboxylic acids is 1. The third-order valence-electron chi connectivity index (χ3n) is 3.37. The molecule has 0 saturated heterocycles. The summed E-state index contributed by atoms with van der Waals surface area (Å²) in [5.74, 6) is 0.883. The predicted octanol–water partition coefficient (Wildman–Crippen LogP) is 3.43. The largest absolute Gasteiger partial charge is 0.494 e. The highest BCUT2D eigenvalue weighted by molar-refractivity contribution is 5.76. The number of nitrogens with zero attached hydrogens (tertiary/aromatic N) is 1. The van der Waals surface area contributed by atoms with Crippen molar-refractivity contribution >= 4 is 5.91 Å². The van der Waals surface area contributed by atoms with E-state index in [1.165, 1.54) is 5.56 Å². The topological polar surface area (TPSA) is 51.2 Å². The van der Waals surface area contributed by atoms with Crippen LogP contribution in [0, 0.1) is 6.92 Å². The molecule has 1 amide bonds. The van der Waals surface area contributed by atoms with Crippen molar-refractivity contribution in [3.63, 3.8) is 0 Å². The van der Waals surface area contributed by atoms with Crippen LogP contribution in [0.4, 0.5) is 0 Å². The molecule has 2 aromatic rings. The van der Waals surface area contributed by atoms with Crippen molar-refractivity contribution in [3.05, 3.63) is 59.9 Å². The smallest absolute Gasteiger partial charge is 0.220 e. The van der Waals surface area contributed by atoms with Crippen LogP contribution in [0.15, 0.2) is 48.8 Å². The quantitative estimate of drug-likeness (QED) is 0.797. The number of aryl methyl sites for hydroxylation is 1. The minimum atomic E-state index is -0.0288. The summed E-state index contributed by atoms with van der Waals surface area (Å²) >= 11 is 0. The third kappa shape index (κ3) is 5.20. The zero-order valence-corrected chi connectivity index (χ0v) is 13.1. The molecular formula is C18H22N2O2. The summed E-state index contributed by atoms with van der Waals surface area (Å²) in [6, 6.07) is 11.7. The first-order chi connectivity index (χ1) is 10.6. The lowest BCUT2D eigenvalue weighted by molar-refractivity contribution is -0.121. The van der Waals surface area contributed by atoms with Crippen molar-refractivity contribution in [3.8, 4) is 5.75 Å². The van der Waals surface area contributed by atoms with Crippen molar-refractivity contribution in [2.24, 2.45) is 0 Å². The number of pyridine rings is 1. The average Bonchev–Trinajstić information content (AvgIpc) is 2.52. The van der Waals surface area contributed by atoms with Gasteiger partial charge in [0, 0.05) is 18.8 Å². The summed E-state index contributed by atoms with van der Waals surface area (Å²) < 4.78 is 5.64. The Kier molecular flexibility index (Phi) is 5.95. The van der Waals surface area contributed by atoms with Crippen LogP contribution in [0.3, 0.4) is 0 Å². The van der Waals surface area contributed by atoms with E-state index in [9.17, 15) is 4.79 Å². The number of hydrogen-bond donors (Lipinski definition) is 1. The summed E-state index contributed by atoms with van der Waals surface area (Å²) in [5, 5.41) is 2.97. The van der Waals surface area contributed by atoms with Crippen LogP contribution in [0.25, 0.3) is 0 Å². The molecule has 2 rings (SSSR count). The molecule has 1 heterocycles. The molecule has 4 heteroatoms. The van der Waals surface area contributed by atoms with E-state index in [-0.39, 0.29) is 11.9 Å². The van der Waals surface area contributed by atoms with Crippen LogP contribution in [0.5, 0.6) is 5.75 Å². The third-order valence-corrected chi connectivity index (χ3v) is 3.37. The van der Waals surface area contributed by atoms with Gasteiger partial charge in [0.2, 0.25) is 5.91 Å². The molecule has 0 saturated carbocycles. The standard InChI is InChI=1S/C18H22N2O2/c1-14-6-3-8-17(12-14)22-11-5-9-18(21)20-15(2)16-7-4-10-19-13-16/h3-4,6-8,10,12-13,15H,5,9,11H2,1-2H3,(H,20,21). The molecule has 1 aromatic heterocycles. The van der Waals surface area contributed by atoms with Gasteiger partial charge in [-0.3, -0.25) is 9.78 Å². The molecule has 22 heavy (non-hydrogen) atoms. The molecule has 0 fully saturated rings. The normalized spacial score (nSPS) is 11.7. The van der Waals surface area contributed by atoms with Crippen LogP contribution in [0.2, 0.25) is 0 Å². The summed E-state index contributed by atoms with van der Waals surface area (Å²) in [5.41, 5.74) is 2.17. The summed E-state index contributed by atoms with van der Waals surface area (Å²) in [6.45, 7) is 4.52. The second kappa shape index (κ2) is 8.17. The Bertz CT molecular complexity index is 599. The van der Waals surface area contributed by atoms with Gasteiger partial charge >= 0.3 is 0 Å². The highest BCUT2D eigenvalue weighted by Crippen LogP contribution is 2.13. The number of ether oxygens (including phenoxy) is 1. The van der Waals surface area contributed by atoms with E-state index in [0.717, 1.165) is 11.3 Å². The van der Waals surface area contributed by atoms with Gasteiger partial charge in [0.25, 0.3) is 0 Å². The molecule has 1 atom stereocenters. The van der Waals surface area contributed by atoms with E-state index in [4.69, 9.17) is 4.74 Å². The van der Waals surface area contributed by atoms with E-state index in [1.807, 2.05) is 50.2 Å². The van der Waals surface area contributed by atoms with Crippen LogP contribution >= 0.6 is 0 Å². The maximum atomic E-state index is 11.9. The van der Waals surface area contributed by atoms with Gasteiger partial charge in [0.1, 0.15) is 5.75 Å². The summed E-state index contributed by atoms with van der Waals surface area (Å²) in [7, 11) is 0. The lowest BCUT2D eigenvalue weighted by Crippen LogP contribution is -2.26. The molecule has 1 N–H and O–H groups in total. The monoisotopic (exact) mass is 298 g/mol. The molecule has 1 aromatic carbocycles. The first-order valence-electron chi connectivity index (χ1n) is 7.54.